The molecule has 0 unspecified atom stereocenters. The first-order valence-corrected chi connectivity index (χ1v) is 6.88. The lowest BCUT2D eigenvalue weighted by atomic mass is 9.97. The van der Waals surface area contributed by atoms with Crippen LogP contribution < -0.4 is 10.5 Å². The van der Waals surface area contributed by atoms with Crippen LogP contribution in [0.3, 0.4) is 0 Å². The van der Waals surface area contributed by atoms with Crippen molar-refractivity contribution in [1.29, 1.82) is 0 Å². The summed E-state index contributed by atoms with van der Waals surface area (Å²) in [7, 11) is 3.27. The molecule has 2 rings (SSSR count). The van der Waals surface area contributed by atoms with Crippen LogP contribution in [0.25, 0.3) is 0 Å². The van der Waals surface area contributed by atoms with Crippen LogP contribution in [0.4, 0.5) is 5.69 Å². The molecule has 0 atom stereocenters. The summed E-state index contributed by atoms with van der Waals surface area (Å²) < 4.78 is 10.3. The van der Waals surface area contributed by atoms with Crippen molar-refractivity contribution < 1.29 is 14.3 Å². The van der Waals surface area contributed by atoms with Crippen LogP contribution in [-0.2, 0) is 4.74 Å². The zero-order chi connectivity index (χ0) is 14.5. The third-order valence-electron chi connectivity index (χ3n) is 3.82. The summed E-state index contributed by atoms with van der Waals surface area (Å²) in [5, 5.41) is 0. The number of methoxy groups -OCH3 is 2. The van der Waals surface area contributed by atoms with Gasteiger partial charge in [-0.25, -0.2) is 0 Å². The molecule has 2 N–H and O–H groups in total. The number of hydrogen-bond acceptors (Lipinski definition) is 4. The molecular weight excluding hydrogens is 256 g/mol. The van der Waals surface area contributed by atoms with E-state index in [4.69, 9.17) is 15.2 Å². The molecule has 1 aliphatic rings. The summed E-state index contributed by atoms with van der Waals surface area (Å²) in [4.78, 5) is 14.4. The van der Waals surface area contributed by atoms with E-state index in [-0.39, 0.29) is 5.91 Å². The first-order chi connectivity index (χ1) is 9.67. The molecule has 0 bridgehead atoms. The molecule has 0 saturated carbocycles. The summed E-state index contributed by atoms with van der Waals surface area (Å²) in [6, 6.07) is 5.30. The lowest BCUT2D eigenvalue weighted by Crippen LogP contribution is -2.39. The van der Waals surface area contributed by atoms with Crippen molar-refractivity contribution in [1.82, 2.24) is 4.90 Å². The quantitative estimate of drug-likeness (QED) is 0.853. The molecule has 1 heterocycles. The van der Waals surface area contributed by atoms with E-state index in [1.54, 1.807) is 32.4 Å². The molecule has 0 aliphatic carbocycles. The van der Waals surface area contributed by atoms with Crippen molar-refractivity contribution >= 4 is 11.6 Å². The second-order valence-electron chi connectivity index (χ2n) is 5.11. The van der Waals surface area contributed by atoms with Gasteiger partial charge in [-0.05, 0) is 30.9 Å². The van der Waals surface area contributed by atoms with Crippen LogP contribution in [0.2, 0.25) is 0 Å². The third kappa shape index (κ3) is 3.04. The molecule has 110 valence electrons. The number of amides is 1. The van der Waals surface area contributed by atoms with Crippen LogP contribution in [0.15, 0.2) is 18.2 Å². The number of nitrogens with zero attached hydrogens (tertiary/aromatic N) is 1. The van der Waals surface area contributed by atoms with E-state index in [0.717, 1.165) is 32.5 Å². The van der Waals surface area contributed by atoms with Crippen LogP contribution in [0.5, 0.6) is 5.75 Å². The minimum atomic E-state index is -0.0164. The Bertz CT molecular complexity index is 468. The van der Waals surface area contributed by atoms with E-state index >= 15 is 0 Å². The van der Waals surface area contributed by atoms with Gasteiger partial charge in [0.05, 0.1) is 18.4 Å². The Morgan fingerprint density at radius 1 is 1.35 bits per heavy atom. The first-order valence-electron chi connectivity index (χ1n) is 6.88. The SMILES string of the molecule is COCC1CCN(C(=O)c2cccc(OC)c2N)CC1. The zero-order valence-corrected chi connectivity index (χ0v) is 12.1. The van der Waals surface area contributed by atoms with Gasteiger partial charge in [-0.1, -0.05) is 6.07 Å². The number of nitrogens with two attached hydrogens (primary N) is 1. The predicted octanol–water partition coefficient (Wildman–Crippen LogP) is 1.78. The molecule has 20 heavy (non-hydrogen) atoms. The van der Waals surface area contributed by atoms with Gasteiger partial charge in [-0.2, -0.15) is 0 Å². The number of carbonyl (C=O) groups excluding carboxylic acids is 1. The minimum absolute atomic E-state index is 0.0164. The number of piperidine rings is 1. The summed E-state index contributed by atoms with van der Waals surface area (Å²) in [6.45, 7) is 2.27. The largest absolute Gasteiger partial charge is 0.495 e. The fourth-order valence-corrected chi connectivity index (χ4v) is 2.62. The van der Waals surface area contributed by atoms with Gasteiger partial charge in [0.1, 0.15) is 5.75 Å². The summed E-state index contributed by atoms with van der Waals surface area (Å²) in [5.74, 6) is 1.08. The van der Waals surface area contributed by atoms with Gasteiger partial charge in [0.15, 0.2) is 0 Å². The number of rotatable bonds is 4. The Kier molecular flexibility index (Phi) is 4.84. The van der Waals surface area contributed by atoms with Crippen molar-refractivity contribution in [3.8, 4) is 5.75 Å². The Morgan fingerprint density at radius 3 is 2.65 bits per heavy atom. The van der Waals surface area contributed by atoms with E-state index in [1.165, 1.54) is 0 Å². The Labute approximate surface area is 119 Å². The van der Waals surface area contributed by atoms with E-state index < -0.39 is 0 Å². The molecule has 5 heteroatoms. The molecule has 1 fully saturated rings. The van der Waals surface area contributed by atoms with E-state index in [0.29, 0.717) is 22.9 Å². The van der Waals surface area contributed by atoms with Crippen LogP contribution in [0, 0.1) is 5.92 Å². The van der Waals surface area contributed by atoms with Crippen molar-refractivity contribution in [2.24, 2.45) is 5.92 Å². The first kappa shape index (κ1) is 14.7. The molecule has 1 saturated heterocycles. The normalized spacial score (nSPS) is 16.2. The molecule has 0 aromatic heterocycles. The van der Waals surface area contributed by atoms with Crippen molar-refractivity contribution in [3.63, 3.8) is 0 Å². The van der Waals surface area contributed by atoms with Gasteiger partial charge in [0.25, 0.3) is 5.91 Å². The molecule has 1 aromatic rings. The molecule has 1 aliphatic heterocycles. The van der Waals surface area contributed by atoms with Gasteiger partial charge in [0.2, 0.25) is 0 Å². The van der Waals surface area contributed by atoms with Crippen molar-refractivity contribution in [2.45, 2.75) is 12.8 Å². The minimum Gasteiger partial charge on any atom is -0.495 e. The number of likely N-dealkylation sites (tertiary alicyclic amines) is 1. The monoisotopic (exact) mass is 278 g/mol. The molecule has 1 aromatic carbocycles. The lowest BCUT2D eigenvalue weighted by molar-refractivity contribution is 0.0614. The lowest BCUT2D eigenvalue weighted by Gasteiger charge is -2.32. The number of anilines is 1. The highest BCUT2D eigenvalue weighted by atomic mass is 16.5. The molecule has 5 nitrogen and oxygen atoms in total. The summed E-state index contributed by atoms with van der Waals surface area (Å²) in [6.07, 6.45) is 1.95. The van der Waals surface area contributed by atoms with Crippen LogP contribution in [-0.4, -0.2) is 44.7 Å². The van der Waals surface area contributed by atoms with Gasteiger partial charge in [-0.15, -0.1) is 0 Å². The Morgan fingerprint density at radius 2 is 2.05 bits per heavy atom. The number of hydrogen-bond donors (Lipinski definition) is 1. The number of benzene rings is 1. The molecule has 0 radical (unpaired) electrons. The number of para-hydroxylation sites is 1. The van der Waals surface area contributed by atoms with Crippen LogP contribution in [0.1, 0.15) is 23.2 Å². The second kappa shape index (κ2) is 6.61. The van der Waals surface area contributed by atoms with Crippen molar-refractivity contribution in [3.05, 3.63) is 23.8 Å². The van der Waals surface area contributed by atoms with Gasteiger partial charge in [-0.3, -0.25) is 4.79 Å². The zero-order valence-electron chi connectivity index (χ0n) is 12.1. The highest BCUT2D eigenvalue weighted by molar-refractivity contribution is 6.00. The number of carbonyl (C=O) groups is 1. The Hall–Kier alpha value is -1.75. The van der Waals surface area contributed by atoms with E-state index in [1.807, 2.05) is 4.90 Å². The van der Waals surface area contributed by atoms with Gasteiger partial charge >= 0.3 is 0 Å². The molecule has 0 spiro atoms. The highest BCUT2D eigenvalue weighted by Crippen LogP contribution is 2.27. The van der Waals surface area contributed by atoms with E-state index in [9.17, 15) is 4.79 Å². The summed E-state index contributed by atoms with van der Waals surface area (Å²) in [5.41, 5.74) is 6.92. The predicted molar refractivity (Wildman–Crippen MR) is 77.9 cm³/mol. The van der Waals surface area contributed by atoms with E-state index in [2.05, 4.69) is 0 Å². The second-order valence-corrected chi connectivity index (χ2v) is 5.11. The average molecular weight is 278 g/mol. The maximum atomic E-state index is 12.5. The Balaban J connectivity index is 2.06. The summed E-state index contributed by atoms with van der Waals surface area (Å²) >= 11 is 0. The van der Waals surface area contributed by atoms with Crippen molar-refractivity contribution in [2.75, 3.05) is 39.6 Å². The van der Waals surface area contributed by atoms with Gasteiger partial charge < -0.3 is 20.1 Å². The highest BCUT2D eigenvalue weighted by Gasteiger charge is 2.25. The maximum Gasteiger partial charge on any atom is 0.256 e. The molecule has 1 amide bonds. The average Bonchev–Trinajstić information content (AvgIpc) is 2.48. The third-order valence-corrected chi connectivity index (χ3v) is 3.82. The smallest absolute Gasteiger partial charge is 0.256 e. The maximum absolute atomic E-state index is 12.5. The standard InChI is InChI=1S/C15H22N2O3/c1-19-10-11-6-8-17(9-7-11)15(18)12-4-3-5-13(20-2)14(12)16/h3-5,11H,6-10,16H2,1-2H3. The van der Waals surface area contributed by atoms with Crippen LogP contribution >= 0.6 is 0 Å². The topological polar surface area (TPSA) is 64.8 Å². The fraction of sp³-hybridized carbons (Fsp3) is 0.533. The number of ether oxygens (including phenoxy) is 2. The number of nitrogen functional groups attached to an aromatic ring is 1. The van der Waals surface area contributed by atoms with Gasteiger partial charge in [0, 0.05) is 26.8 Å². The fourth-order valence-electron chi connectivity index (χ4n) is 2.62. The molecular formula is C15H22N2O3.